The fourth-order valence-electron chi connectivity index (χ4n) is 4.04. The molecule has 2 amide bonds. The number of nitrogens with one attached hydrogen (secondary N) is 1. The van der Waals surface area contributed by atoms with E-state index in [4.69, 9.17) is 0 Å². The van der Waals surface area contributed by atoms with E-state index >= 15 is 0 Å². The Balaban J connectivity index is 2.01. The van der Waals surface area contributed by atoms with Crippen molar-refractivity contribution in [2.75, 3.05) is 4.90 Å². The van der Waals surface area contributed by atoms with E-state index in [0.717, 1.165) is 11.1 Å². The molecule has 3 aromatic rings. The van der Waals surface area contributed by atoms with E-state index in [-0.39, 0.29) is 11.6 Å². The van der Waals surface area contributed by atoms with Crippen LogP contribution in [0.3, 0.4) is 0 Å². The first-order valence-corrected chi connectivity index (χ1v) is 10.5. The smallest absolute Gasteiger partial charge is 0.278 e. The number of amides is 2. The number of rotatable bonds is 3. The Kier molecular flexibility index (Phi) is 5.17. The Bertz CT molecular complexity index is 1200. The molecule has 1 atom stereocenters. The summed E-state index contributed by atoms with van der Waals surface area (Å²) in [5, 5.41) is 3.06. The average molecular weight is 427 g/mol. The molecule has 6 heteroatoms. The van der Waals surface area contributed by atoms with E-state index < -0.39 is 17.0 Å². The number of fused-ring (bicyclic) bond motifs is 1. The minimum Gasteiger partial charge on any atom is -0.349 e. The van der Waals surface area contributed by atoms with Crippen LogP contribution >= 0.6 is 0 Å². The number of hydrogen-bond donors (Lipinski definition) is 1. The van der Waals surface area contributed by atoms with Crippen LogP contribution < -0.4 is 10.2 Å². The second kappa shape index (κ2) is 7.71. The summed E-state index contributed by atoms with van der Waals surface area (Å²) < 4.78 is 0. The fraction of sp³-hybridized carbons (Fsp3) is 0.231. The van der Waals surface area contributed by atoms with Crippen molar-refractivity contribution in [3.63, 3.8) is 0 Å². The van der Waals surface area contributed by atoms with Crippen molar-refractivity contribution in [2.45, 2.75) is 38.8 Å². The minimum absolute atomic E-state index is 0.240. The van der Waals surface area contributed by atoms with Crippen LogP contribution in [0.2, 0.25) is 0 Å². The van der Waals surface area contributed by atoms with Gasteiger partial charge < -0.3 is 5.32 Å². The van der Waals surface area contributed by atoms with E-state index in [0.29, 0.717) is 17.0 Å². The van der Waals surface area contributed by atoms with Crippen molar-refractivity contribution < 1.29 is 9.59 Å². The normalized spacial score (nSPS) is 17.8. The van der Waals surface area contributed by atoms with Gasteiger partial charge in [0.2, 0.25) is 0 Å². The Labute approximate surface area is 188 Å². The highest BCUT2D eigenvalue weighted by atomic mass is 16.2. The average Bonchev–Trinajstić information content (AvgIpc) is 3.03. The quantitative estimate of drug-likeness (QED) is 0.679. The highest BCUT2D eigenvalue weighted by Crippen LogP contribution is 2.52. The van der Waals surface area contributed by atoms with Gasteiger partial charge in [-0.05, 0) is 63.1 Å². The van der Waals surface area contributed by atoms with E-state index in [2.05, 4.69) is 21.9 Å². The summed E-state index contributed by atoms with van der Waals surface area (Å²) >= 11 is 0. The summed E-state index contributed by atoms with van der Waals surface area (Å²) in [6, 6.07) is 16.2. The third-order valence-corrected chi connectivity index (χ3v) is 5.43. The predicted molar refractivity (Wildman–Crippen MR) is 125 cm³/mol. The number of pyridine rings is 2. The number of aryl methyl sites for hydroxylation is 1. The number of benzene rings is 1. The molecule has 3 heterocycles. The minimum atomic E-state index is -1.55. The molecule has 2 aromatic heterocycles. The molecule has 6 nitrogen and oxygen atoms in total. The number of carbonyl (C=O) groups is 2. The summed E-state index contributed by atoms with van der Waals surface area (Å²) in [7, 11) is 0. The molecule has 1 aliphatic rings. The van der Waals surface area contributed by atoms with Crippen molar-refractivity contribution in [2.24, 2.45) is 0 Å². The van der Waals surface area contributed by atoms with Crippen LogP contribution in [0.25, 0.3) is 5.57 Å². The van der Waals surface area contributed by atoms with Gasteiger partial charge in [-0.15, -0.1) is 0 Å². The first-order chi connectivity index (χ1) is 15.2. The maximum absolute atomic E-state index is 14.0. The number of aromatic nitrogens is 2. The fourth-order valence-corrected chi connectivity index (χ4v) is 4.04. The van der Waals surface area contributed by atoms with Gasteiger partial charge in [-0.1, -0.05) is 36.9 Å². The summed E-state index contributed by atoms with van der Waals surface area (Å²) in [6.07, 6.45) is 3.26. The lowest BCUT2D eigenvalue weighted by Crippen LogP contribution is -2.60. The molecule has 1 aromatic carbocycles. The maximum Gasteiger partial charge on any atom is 0.278 e. The van der Waals surface area contributed by atoms with Gasteiger partial charge in [0.05, 0.1) is 11.4 Å². The molecule has 0 fully saturated rings. The highest BCUT2D eigenvalue weighted by molar-refractivity contribution is 6.21. The van der Waals surface area contributed by atoms with E-state index in [1.807, 2.05) is 58.0 Å². The molecule has 0 aliphatic carbocycles. The van der Waals surface area contributed by atoms with Gasteiger partial charge >= 0.3 is 0 Å². The van der Waals surface area contributed by atoms with Crippen LogP contribution in [0.1, 0.15) is 48.1 Å². The molecule has 1 unspecified atom stereocenters. The van der Waals surface area contributed by atoms with Crippen LogP contribution in [0.4, 0.5) is 5.69 Å². The zero-order chi connectivity index (χ0) is 23.1. The van der Waals surface area contributed by atoms with Gasteiger partial charge in [-0.25, -0.2) is 0 Å². The molecule has 0 saturated carbocycles. The van der Waals surface area contributed by atoms with Crippen LogP contribution in [0, 0.1) is 6.92 Å². The Morgan fingerprint density at radius 3 is 2.34 bits per heavy atom. The molecule has 1 N–H and O–H groups in total. The van der Waals surface area contributed by atoms with Gasteiger partial charge in [-0.3, -0.25) is 24.5 Å². The molecular weight excluding hydrogens is 400 g/mol. The second-order valence-corrected chi connectivity index (χ2v) is 8.99. The lowest BCUT2D eigenvalue weighted by molar-refractivity contribution is -0.126. The molecule has 4 rings (SSSR count). The van der Waals surface area contributed by atoms with E-state index in [1.165, 1.54) is 4.90 Å². The number of para-hydroxylation sites is 1. The molecule has 162 valence electrons. The third kappa shape index (κ3) is 3.38. The zero-order valence-corrected chi connectivity index (χ0v) is 18.7. The van der Waals surface area contributed by atoms with Gasteiger partial charge in [-0.2, -0.15) is 0 Å². The Morgan fingerprint density at radius 1 is 1.00 bits per heavy atom. The molecule has 0 bridgehead atoms. The third-order valence-electron chi connectivity index (χ3n) is 5.43. The number of anilines is 1. The van der Waals surface area contributed by atoms with Gasteiger partial charge in [0.15, 0.2) is 5.54 Å². The summed E-state index contributed by atoms with van der Waals surface area (Å²) in [4.78, 5) is 38.3. The molecule has 32 heavy (non-hydrogen) atoms. The molecule has 0 spiro atoms. The molecule has 1 aliphatic heterocycles. The maximum atomic E-state index is 14.0. The van der Waals surface area contributed by atoms with Crippen molar-refractivity contribution >= 4 is 23.1 Å². The number of hydrogen-bond acceptors (Lipinski definition) is 4. The van der Waals surface area contributed by atoms with Crippen molar-refractivity contribution in [1.29, 1.82) is 0 Å². The first kappa shape index (κ1) is 21.4. The van der Waals surface area contributed by atoms with Crippen LogP contribution in [0.15, 0.2) is 73.6 Å². The summed E-state index contributed by atoms with van der Waals surface area (Å²) in [6.45, 7) is 11.9. The van der Waals surface area contributed by atoms with Crippen LogP contribution in [0.5, 0.6) is 0 Å². The zero-order valence-electron chi connectivity index (χ0n) is 18.7. The standard InChI is InChI=1S/C26H26N4O2/c1-17-13-14-20(28-16-17)23(31)30-21-11-7-6-10-19(21)18(2)26(30,22-12-8-9-15-27-22)24(32)29-25(3,4)5/h6-16H,2H2,1,3-5H3,(H,29,32). The summed E-state index contributed by atoms with van der Waals surface area (Å²) in [5.74, 6) is -0.767. The number of carbonyl (C=O) groups excluding carboxylic acids is 2. The largest absolute Gasteiger partial charge is 0.349 e. The monoisotopic (exact) mass is 426 g/mol. The van der Waals surface area contributed by atoms with Gasteiger partial charge in [0.25, 0.3) is 11.8 Å². The molecular formula is C26H26N4O2. The lowest BCUT2D eigenvalue weighted by atomic mass is 9.83. The van der Waals surface area contributed by atoms with Gasteiger partial charge in [0.1, 0.15) is 5.69 Å². The Morgan fingerprint density at radius 2 is 1.72 bits per heavy atom. The molecule has 0 saturated heterocycles. The number of nitrogens with zero attached hydrogens (tertiary/aromatic N) is 3. The SMILES string of the molecule is C=C1c2ccccc2N(C(=O)c2ccc(C)cn2)C1(C(=O)NC(C)(C)C)c1ccccn1. The summed E-state index contributed by atoms with van der Waals surface area (Å²) in [5.41, 5.74) is 1.32. The highest BCUT2D eigenvalue weighted by Gasteiger charge is 2.58. The Hall–Kier alpha value is -3.80. The van der Waals surface area contributed by atoms with Crippen molar-refractivity contribution in [3.05, 3.63) is 96.1 Å². The first-order valence-electron chi connectivity index (χ1n) is 10.5. The van der Waals surface area contributed by atoms with Crippen molar-refractivity contribution in [1.82, 2.24) is 15.3 Å². The topological polar surface area (TPSA) is 75.2 Å². The van der Waals surface area contributed by atoms with Crippen LogP contribution in [-0.2, 0) is 10.3 Å². The van der Waals surface area contributed by atoms with E-state index in [9.17, 15) is 9.59 Å². The predicted octanol–water partition coefficient (Wildman–Crippen LogP) is 4.27. The van der Waals surface area contributed by atoms with Crippen molar-refractivity contribution in [3.8, 4) is 0 Å². The van der Waals surface area contributed by atoms with Gasteiger partial charge in [0, 0.05) is 23.5 Å². The van der Waals surface area contributed by atoms with E-state index in [1.54, 1.807) is 36.7 Å². The molecule has 0 radical (unpaired) electrons. The lowest BCUT2D eigenvalue weighted by Gasteiger charge is -2.39. The van der Waals surface area contributed by atoms with Crippen LogP contribution in [-0.4, -0.2) is 27.3 Å². The second-order valence-electron chi connectivity index (χ2n) is 8.99.